The maximum Gasteiger partial charge on any atom is 0.350 e. The number of hydrogen-bond donors (Lipinski definition) is 0. The largest absolute Gasteiger partial charge is 0.465 e. The summed E-state index contributed by atoms with van der Waals surface area (Å²) in [5, 5.41) is 1.11. The van der Waals surface area contributed by atoms with Crippen molar-refractivity contribution in [3.05, 3.63) is 28.6 Å². The molecule has 0 fully saturated rings. The molecule has 0 saturated carbocycles. The minimum Gasteiger partial charge on any atom is -0.465 e. The van der Waals surface area contributed by atoms with Crippen molar-refractivity contribution in [1.82, 2.24) is 0 Å². The molecule has 2 rings (SSSR count). The number of aryl methyl sites for hydroxylation is 1. The lowest BCUT2D eigenvalue weighted by Crippen LogP contribution is -2.12. The molecule has 0 bridgehead atoms. The quantitative estimate of drug-likeness (QED) is 0.766. The highest BCUT2D eigenvalue weighted by Gasteiger charge is 2.20. The van der Waals surface area contributed by atoms with E-state index in [1.165, 1.54) is 24.0 Å². The van der Waals surface area contributed by atoms with E-state index < -0.39 is 0 Å². The highest BCUT2D eigenvalue weighted by molar-refractivity contribution is 7.21. The Morgan fingerprint density at radius 3 is 2.65 bits per heavy atom. The maximum absolute atomic E-state index is 11.8. The molecule has 1 aromatic heterocycles. The molecule has 0 saturated heterocycles. The standard InChI is InChI=1S/C13H15NO2S/c1-8-5-6-10-9(7-8)11(14(2)3)12(17-10)13(15)16-4/h5-7H,1-4H3. The van der Waals surface area contributed by atoms with Crippen molar-refractivity contribution < 1.29 is 9.53 Å². The molecule has 1 aromatic carbocycles. The number of hydrogen-bond acceptors (Lipinski definition) is 4. The Balaban J connectivity index is 2.76. The van der Waals surface area contributed by atoms with Gasteiger partial charge in [-0.2, -0.15) is 0 Å². The predicted octanol–water partition coefficient (Wildman–Crippen LogP) is 3.06. The Kier molecular flexibility index (Phi) is 3.07. The summed E-state index contributed by atoms with van der Waals surface area (Å²) >= 11 is 1.48. The van der Waals surface area contributed by atoms with Gasteiger partial charge in [0.2, 0.25) is 0 Å². The van der Waals surface area contributed by atoms with Gasteiger partial charge in [0, 0.05) is 24.2 Å². The van der Waals surface area contributed by atoms with Crippen molar-refractivity contribution in [1.29, 1.82) is 0 Å². The molecule has 1 heterocycles. The Hall–Kier alpha value is -1.55. The zero-order chi connectivity index (χ0) is 12.6. The molecular weight excluding hydrogens is 234 g/mol. The third-order valence-electron chi connectivity index (χ3n) is 2.64. The van der Waals surface area contributed by atoms with Gasteiger partial charge in [-0.3, -0.25) is 0 Å². The Bertz CT molecular complexity index is 572. The van der Waals surface area contributed by atoms with Crippen LogP contribution in [0.3, 0.4) is 0 Å². The second-order valence-electron chi connectivity index (χ2n) is 4.17. The van der Waals surface area contributed by atoms with Gasteiger partial charge in [-0.05, 0) is 19.1 Å². The van der Waals surface area contributed by atoms with Gasteiger partial charge in [-0.25, -0.2) is 4.79 Å². The number of rotatable bonds is 2. The van der Waals surface area contributed by atoms with Gasteiger partial charge < -0.3 is 9.64 Å². The predicted molar refractivity (Wildman–Crippen MR) is 72.2 cm³/mol. The number of anilines is 1. The van der Waals surface area contributed by atoms with E-state index in [4.69, 9.17) is 4.74 Å². The number of fused-ring (bicyclic) bond motifs is 1. The number of ether oxygens (including phenoxy) is 1. The fraction of sp³-hybridized carbons (Fsp3) is 0.308. The third kappa shape index (κ3) is 2.00. The van der Waals surface area contributed by atoms with Crippen molar-refractivity contribution >= 4 is 33.1 Å². The summed E-state index contributed by atoms with van der Waals surface area (Å²) < 4.78 is 5.94. The van der Waals surface area contributed by atoms with Crippen LogP contribution < -0.4 is 4.90 Å². The van der Waals surface area contributed by atoms with Crippen LogP contribution in [0.15, 0.2) is 18.2 Å². The highest BCUT2D eigenvalue weighted by atomic mass is 32.1. The van der Waals surface area contributed by atoms with Crippen LogP contribution in [0.25, 0.3) is 10.1 Å². The number of esters is 1. The summed E-state index contributed by atoms with van der Waals surface area (Å²) in [6.07, 6.45) is 0. The maximum atomic E-state index is 11.8. The molecule has 17 heavy (non-hydrogen) atoms. The number of nitrogens with zero attached hydrogens (tertiary/aromatic N) is 1. The fourth-order valence-corrected chi connectivity index (χ4v) is 3.05. The first kappa shape index (κ1) is 11.9. The Labute approximate surface area is 105 Å². The topological polar surface area (TPSA) is 29.5 Å². The van der Waals surface area contributed by atoms with E-state index in [2.05, 4.69) is 18.2 Å². The van der Waals surface area contributed by atoms with Crippen LogP contribution in [0.1, 0.15) is 15.2 Å². The summed E-state index contributed by atoms with van der Waals surface area (Å²) in [5.74, 6) is -0.271. The number of thiophene rings is 1. The van der Waals surface area contributed by atoms with Crippen LogP contribution in [0.4, 0.5) is 5.69 Å². The van der Waals surface area contributed by atoms with Crippen molar-refractivity contribution in [2.45, 2.75) is 6.92 Å². The normalized spacial score (nSPS) is 10.6. The monoisotopic (exact) mass is 249 g/mol. The zero-order valence-corrected chi connectivity index (χ0v) is 11.2. The van der Waals surface area contributed by atoms with Crippen molar-refractivity contribution in [2.75, 3.05) is 26.1 Å². The lowest BCUT2D eigenvalue weighted by molar-refractivity contribution is 0.0607. The van der Waals surface area contributed by atoms with Crippen LogP contribution in [-0.4, -0.2) is 27.2 Å². The summed E-state index contributed by atoms with van der Waals surface area (Å²) in [6, 6.07) is 6.21. The third-order valence-corrected chi connectivity index (χ3v) is 3.78. The molecule has 0 unspecified atom stereocenters. The van der Waals surface area contributed by atoms with Gasteiger partial charge in [-0.15, -0.1) is 11.3 Å². The van der Waals surface area contributed by atoms with E-state index in [0.29, 0.717) is 4.88 Å². The Morgan fingerprint density at radius 1 is 1.35 bits per heavy atom. The molecule has 3 nitrogen and oxygen atoms in total. The molecular formula is C13H15NO2S. The summed E-state index contributed by atoms with van der Waals surface area (Å²) in [7, 11) is 5.30. The average molecular weight is 249 g/mol. The summed E-state index contributed by atoms with van der Waals surface area (Å²) in [5.41, 5.74) is 2.13. The lowest BCUT2D eigenvalue weighted by atomic mass is 10.1. The zero-order valence-electron chi connectivity index (χ0n) is 10.4. The van der Waals surface area contributed by atoms with Gasteiger partial charge in [0.15, 0.2) is 0 Å². The van der Waals surface area contributed by atoms with Gasteiger partial charge in [-0.1, -0.05) is 11.6 Å². The lowest BCUT2D eigenvalue weighted by Gasteiger charge is -2.13. The van der Waals surface area contributed by atoms with E-state index in [-0.39, 0.29) is 5.97 Å². The van der Waals surface area contributed by atoms with E-state index in [9.17, 15) is 4.79 Å². The van der Waals surface area contributed by atoms with Crippen LogP contribution in [0.5, 0.6) is 0 Å². The summed E-state index contributed by atoms with van der Waals surface area (Å²) in [4.78, 5) is 14.4. The summed E-state index contributed by atoms with van der Waals surface area (Å²) in [6.45, 7) is 2.05. The van der Waals surface area contributed by atoms with Crippen molar-refractivity contribution in [3.63, 3.8) is 0 Å². The minimum absolute atomic E-state index is 0.271. The molecule has 0 amide bonds. The first-order valence-electron chi connectivity index (χ1n) is 5.33. The number of carbonyl (C=O) groups excluding carboxylic acids is 1. The van der Waals surface area contributed by atoms with Crippen LogP contribution in [0.2, 0.25) is 0 Å². The molecule has 4 heteroatoms. The smallest absolute Gasteiger partial charge is 0.350 e. The van der Waals surface area contributed by atoms with Crippen LogP contribution >= 0.6 is 11.3 Å². The second-order valence-corrected chi connectivity index (χ2v) is 5.22. The van der Waals surface area contributed by atoms with Crippen molar-refractivity contribution in [3.8, 4) is 0 Å². The number of benzene rings is 1. The molecule has 2 aromatic rings. The average Bonchev–Trinajstić information content (AvgIpc) is 2.66. The molecule has 0 aliphatic heterocycles. The molecule has 0 aliphatic carbocycles. The van der Waals surface area contributed by atoms with Crippen LogP contribution in [-0.2, 0) is 4.74 Å². The molecule has 90 valence electrons. The van der Waals surface area contributed by atoms with Gasteiger partial charge >= 0.3 is 5.97 Å². The molecule has 0 N–H and O–H groups in total. The van der Waals surface area contributed by atoms with Crippen LogP contribution in [0, 0.1) is 6.92 Å². The van der Waals surface area contributed by atoms with Crippen molar-refractivity contribution in [2.24, 2.45) is 0 Å². The first-order chi connectivity index (χ1) is 8.04. The molecule has 0 aliphatic rings. The number of carbonyl (C=O) groups is 1. The van der Waals surface area contributed by atoms with Gasteiger partial charge in [0.05, 0.1) is 12.8 Å². The van der Waals surface area contributed by atoms with Gasteiger partial charge in [0.25, 0.3) is 0 Å². The minimum atomic E-state index is -0.271. The number of methoxy groups -OCH3 is 1. The second kappa shape index (κ2) is 4.37. The SMILES string of the molecule is COC(=O)c1sc2ccc(C)cc2c1N(C)C. The highest BCUT2D eigenvalue weighted by Crippen LogP contribution is 2.38. The van der Waals surface area contributed by atoms with E-state index in [1.807, 2.05) is 25.9 Å². The molecule has 0 spiro atoms. The van der Waals surface area contributed by atoms with E-state index >= 15 is 0 Å². The van der Waals surface area contributed by atoms with E-state index in [0.717, 1.165) is 15.8 Å². The Morgan fingerprint density at radius 2 is 2.06 bits per heavy atom. The van der Waals surface area contributed by atoms with E-state index in [1.54, 1.807) is 0 Å². The fourth-order valence-electron chi connectivity index (χ4n) is 1.87. The molecule has 0 atom stereocenters. The molecule has 0 radical (unpaired) electrons. The first-order valence-corrected chi connectivity index (χ1v) is 6.15. The van der Waals surface area contributed by atoms with Gasteiger partial charge in [0.1, 0.15) is 4.88 Å².